The van der Waals surface area contributed by atoms with Gasteiger partial charge in [0.05, 0.1) is 24.5 Å². The van der Waals surface area contributed by atoms with E-state index in [9.17, 15) is 4.79 Å². The Balaban J connectivity index is 1.15. The highest BCUT2D eigenvalue weighted by Crippen LogP contribution is 2.27. The Hall–Kier alpha value is -3.53. The van der Waals surface area contributed by atoms with E-state index in [-0.39, 0.29) is 23.7 Å². The Kier molecular flexibility index (Phi) is 7.36. The van der Waals surface area contributed by atoms with Crippen LogP contribution in [-0.4, -0.2) is 62.8 Å². The summed E-state index contributed by atoms with van der Waals surface area (Å²) in [6.45, 7) is 9.20. The normalized spacial score (nSPS) is 21.3. The van der Waals surface area contributed by atoms with Crippen LogP contribution in [0, 0.1) is 12.8 Å². The molecule has 0 amide bonds. The van der Waals surface area contributed by atoms with E-state index < -0.39 is 0 Å². The number of hydrogen-bond acceptors (Lipinski definition) is 9. The second-order valence-electron chi connectivity index (χ2n) is 10.2. The van der Waals surface area contributed by atoms with Gasteiger partial charge in [-0.2, -0.15) is 0 Å². The van der Waals surface area contributed by atoms with Crippen LogP contribution in [0.3, 0.4) is 0 Å². The molecule has 2 aliphatic heterocycles. The molecule has 2 saturated heterocycles. The molecule has 0 spiro atoms. The second kappa shape index (κ2) is 10.8. The number of ether oxygens (including phenoxy) is 1. The van der Waals surface area contributed by atoms with Crippen LogP contribution in [-0.2, 0) is 6.42 Å². The SMILES string of the molecule is CCc1cnc(N2CCC([C@H](C)Oc3cnc(N4CC(n5cc(C)ccc5=O)[C@@H](N)C4)nc3)CC2)nc1. The van der Waals surface area contributed by atoms with Crippen LogP contribution in [0.1, 0.15) is 43.9 Å². The number of piperidine rings is 1. The van der Waals surface area contributed by atoms with Crippen molar-refractivity contribution in [1.29, 1.82) is 0 Å². The zero-order chi connectivity index (χ0) is 25.9. The third kappa shape index (κ3) is 5.58. The molecule has 1 unspecified atom stereocenters. The van der Waals surface area contributed by atoms with Gasteiger partial charge in [-0.1, -0.05) is 13.0 Å². The number of rotatable bonds is 7. The number of nitrogens with two attached hydrogens (primary N) is 1. The molecule has 37 heavy (non-hydrogen) atoms. The summed E-state index contributed by atoms with van der Waals surface area (Å²) in [5.74, 6) is 2.51. The van der Waals surface area contributed by atoms with Gasteiger partial charge in [0.25, 0.3) is 5.56 Å². The van der Waals surface area contributed by atoms with Crippen molar-refractivity contribution in [2.75, 3.05) is 36.0 Å². The van der Waals surface area contributed by atoms with E-state index in [2.05, 4.69) is 38.7 Å². The van der Waals surface area contributed by atoms with Gasteiger partial charge in [0, 0.05) is 56.9 Å². The molecule has 5 heterocycles. The summed E-state index contributed by atoms with van der Waals surface area (Å²) >= 11 is 0. The summed E-state index contributed by atoms with van der Waals surface area (Å²) in [7, 11) is 0. The molecule has 0 saturated carbocycles. The van der Waals surface area contributed by atoms with Crippen molar-refractivity contribution < 1.29 is 4.74 Å². The fourth-order valence-electron chi connectivity index (χ4n) is 5.25. The third-order valence-electron chi connectivity index (χ3n) is 7.58. The standard InChI is InChI=1S/C27H36N8O2/c1-4-20-11-29-26(30-12-20)33-9-7-21(8-10-33)19(3)37-22-13-31-27(32-14-22)34-16-23(28)24(17-34)35-15-18(2)5-6-25(35)36/h5-6,11-15,19,21,23-24H,4,7-10,16-17,28H2,1-3H3/t19-,23-,24?/m0/s1. The van der Waals surface area contributed by atoms with Gasteiger partial charge in [-0.05, 0) is 50.2 Å². The minimum atomic E-state index is -0.181. The maximum atomic E-state index is 12.4. The summed E-state index contributed by atoms with van der Waals surface area (Å²) in [4.78, 5) is 34.8. The maximum Gasteiger partial charge on any atom is 0.250 e. The van der Waals surface area contributed by atoms with Crippen molar-refractivity contribution >= 4 is 11.9 Å². The van der Waals surface area contributed by atoms with Crippen LogP contribution in [0.4, 0.5) is 11.9 Å². The molecule has 3 atom stereocenters. The lowest BCUT2D eigenvalue weighted by atomic mass is 9.92. The van der Waals surface area contributed by atoms with Gasteiger partial charge in [-0.25, -0.2) is 19.9 Å². The fraction of sp³-hybridized carbons (Fsp3) is 0.519. The van der Waals surface area contributed by atoms with E-state index in [1.165, 1.54) is 0 Å². The van der Waals surface area contributed by atoms with Crippen LogP contribution in [0.2, 0.25) is 0 Å². The summed E-state index contributed by atoms with van der Waals surface area (Å²) in [5, 5.41) is 0. The minimum absolute atomic E-state index is 0.0423. The highest BCUT2D eigenvalue weighted by molar-refractivity contribution is 5.35. The van der Waals surface area contributed by atoms with Gasteiger partial charge in [-0.15, -0.1) is 0 Å². The summed E-state index contributed by atoms with van der Waals surface area (Å²) in [5.41, 5.74) is 8.55. The Labute approximate surface area is 217 Å². The van der Waals surface area contributed by atoms with Gasteiger partial charge >= 0.3 is 0 Å². The Bertz CT molecular complexity index is 1240. The summed E-state index contributed by atoms with van der Waals surface area (Å²) in [6, 6.07) is 3.12. The molecular formula is C27H36N8O2. The summed E-state index contributed by atoms with van der Waals surface area (Å²) < 4.78 is 7.95. The monoisotopic (exact) mass is 504 g/mol. The first kappa shape index (κ1) is 25.1. The van der Waals surface area contributed by atoms with Gasteiger partial charge in [-0.3, -0.25) is 4.79 Å². The van der Waals surface area contributed by atoms with Gasteiger partial charge in [0.15, 0.2) is 5.75 Å². The van der Waals surface area contributed by atoms with E-state index >= 15 is 0 Å². The van der Waals surface area contributed by atoms with Gasteiger partial charge in [0.2, 0.25) is 11.9 Å². The Morgan fingerprint density at radius 2 is 1.65 bits per heavy atom. The fourth-order valence-corrected chi connectivity index (χ4v) is 5.25. The predicted molar refractivity (Wildman–Crippen MR) is 143 cm³/mol. The first-order valence-corrected chi connectivity index (χ1v) is 13.1. The Morgan fingerprint density at radius 1 is 1.00 bits per heavy atom. The first-order chi connectivity index (χ1) is 17.9. The molecule has 0 radical (unpaired) electrons. The average Bonchev–Trinajstić information content (AvgIpc) is 3.31. The molecule has 196 valence electrons. The molecule has 3 aromatic rings. The average molecular weight is 505 g/mol. The second-order valence-corrected chi connectivity index (χ2v) is 10.2. The first-order valence-electron chi connectivity index (χ1n) is 13.1. The highest BCUT2D eigenvalue weighted by atomic mass is 16.5. The van der Waals surface area contributed by atoms with E-state index in [1.807, 2.05) is 36.5 Å². The number of pyridine rings is 1. The summed E-state index contributed by atoms with van der Waals surface area (Å²) in [6.07, 6.45) is 12.2. The van der Waals surface area contributed by atoms with E-state index in [1.54, 1.807) is 23.0 Å². The molecule has 3 aromatic heterocycles. The van der Waals surface area contributed by atoms with Crippen LogP contribution >= 0.6 is 0 Å². The van der Waals surface area contributed by atoms with Gasteiger partial charge in [0.1, 0.15) is 0 Å². The van der Waals surface area contributed by atoms with Crippen molar-refractivity contribution in [3.63, 3.8) is 0 Å². The van der Waals surface area contributed by atoms with E-state index in [4.69, 9.17) is 10.5 Å². The number of hydrogen-bond donors (Lipinski definition) is 1. The van der Waals surface area contributed by atoms with Crippen molar-refractivity contribution in [3.8, 4) is 5.75 Å². The zero-order valence-corrected chi connectivity index (χ0v) is 21.8. The largest absolute Gasteiger partial charge is 0.487 e. The smallest absolute Gasteiger partial charge is 0.250 e. The van der Waals surface area contributed by atoms with Crippen molar-refractivity contribution in [2.45, 2.75) is 58.2 Å². The van der Waals surface area contributed by atoms with E-state index in [0.29, 0.717) is 30.7 Å². The van der Waals surface area contributed by atoms with E-state index in [0.717, 1.165) is 49.4 Å². The molecule has 10 nitrogen and oxygen atoms in total. The molecule has 0 aliphatic carbocycles. The molecule has 2 fully saturated rings. The minimum Gasteiger partial charge on any atom is -0.487 e. The van der Waals surface area contributed by atoms with Crippen LogP contribution in [0.15, 0.2) is 47.9 Å². The predicted octanol–water partition coefficient (Wildman–Crippen LogP) is 2.37. The molecule has 0 bridgehead atoms. The molecule has 2 N–H and O–H groups in total. The number of nitrogens with zero attached hydrogens (tertiary/aromatic N) is 7. The molecule has 0 aromatic carbocycles. The lowest BCUT2D eigenvalue weighted by molar-refractivity contribution is 0.132. The number of aryl methyl sites for hydroxylation is 2. The molecule has 5 rings (SSSR count). The van der Waals surface area contributed by atoms with Crippen molar-refractivity contribution in [1.82, 2.24) is 24.5 Å². The number of anilines is 2. The lowest BCUT2D eigenvalue weighted by Crippen LogP contribution is -2.39. The Morgan fingerprint density at radius 3 is 2.32 bits per heavy atom. The van der Waals surface area contributed by atoms with Crippen molar-refractivity contribution in [2.24, 2.45) is 11.7 Å². The van der Waals surface area contributed by atoms with Gasteiger partial charge < -0.3 is 24.8 Å². The zero-order valence-electron chi connectivity index (χ0n) is 21.8. The molecular weight excluding hydrogens is 468 g/mol. The third-order valence-corrected chi connectivity index (χ3v) is 7.58. The molecule has 10 heteroatoms. The van der Waals surface area contributed by atoms with Crippen LogP contribution < -0.4 is 25.8 Å². The number of aromatic nitrogens is 5. The maximum absolute atomic E-state index is 12.4. The highest BCUT2D eigenvalue weighted by Gasteiger charge is 2.33. The van der Waals surface area contributed by atoms with Crippen LogP contribution in [0.25, 0.3) is 0 Å². The molecule has 2 aliphatic rings. The van der Waals surface area contributed by atoms with Crippen molar-refractivity contribution in [3.05, 3.63) is 64.6 Å². The topological polar surface area (TPSA) is 115 Å². The lowest BCUT2D eigenvalue weighted by Gasteiger charge is -2.34. The van der Waals surface area contributed by atoms with Crippen LogP contribution in [0.5, 0.6) is 5.75 Å². The quantitative estimate of drug-likeness (QED) is 0.518.